The maximum Gasteiger partial charge on any atom is 0.145 e. The molecule has 1 aromatic carbocycles. The highest BCUT2D eigenvalue weighted by Crippen LogP contribution is 2.25. The predicted octanol–water partition coefficient (Wildman–Crippen LogP) is 2.48. The molecule has 0 saturated heterocycles. The summed E-state index contributed by atoms with van der Waals surface area (Å²) in [6.07, 6.45) is 3.29. The second-order valence-corrected chi connectivity index (χ2v) is 4.40. The minimum Gasteiger partial charge on any atom is -0.454 e. The third-order valence-electron chi connectivity index (χ3n) is 2.84. The molecule has 1 N–H and O–H groups in total. The zero-order valence-electron chi connectivity index (χ0n) is 11.9. The van der Waals surface area contributed by atoms with Gasteiger partial charge in [0.1, 0.15) is 17.6 Å². The second-order valence-electron chi connectivity index (χ2n) is 4.40. The van der Waals surface area contributed by atoms with E-state index in [1.807, 2.05) is 12.1 Å². The molecule has 0 aliphatic carbocycles. The Bertz CT molecular complexity index is 609. The summed E-state index contributed by atoms with van der Waals surface area (Å²) in [5.74, 6) is 1.14. The van der Waals surface area contributed by atoms with Crippen LogP contribution in [0.1, 0.15) is 11.1 Å². The molecule has 2 rings (SSSR count). The van der Waals surface area contributed by atoms with E-state index in [0.717, 1.165) is 12.1 Å². The first kappa shape index (κ1) is 15.0. The summed E-state index contributed by atoms with van der Waals surface area (Å²) < 4.78 is 10.6. The average Bonchev–Trinajstić information content (AvgIpc) is 2.53. The van der Waals surface area contributed by atoms with Gasteiger partial charge in [0.25, 0.3) is 0 Å². The minimum absolute atomic E-state index is 0.505. The standard InChI is InChI=1S/C16H17N3O2/c1-20-8-7-19-11-13-4-5-16(14(9-13)10-17)21-15-3-2-6-18-12-15/h2-6,9,12,19H,7-8,11H2,1H3. The number of nitrogens with zero attached hydrogens (tertiary/aromatic N) is 2. The average molecular weight is 283 g/mol. The van der Waals surface area contributed by atoms with Crippen LogP contribution < -0.4 is 10.1 Å². The van der Waals surface area contributed by atoms with Crippen LogP contribution >= 0.6 is 0 Å². The van der Waals surface area contributed by atoms with Crippen molar-refractivity contribution in [3.8, 4) is 17.6 Å². The Labute approximate surface area is 124 Å². The van der Waals surface area contributed by atoms with Crippen molar-refractivity contribution in [3.63, 3.8) is 0 Å². The van der Waals surface area contributed by atoms with Gasteiger partial charge < -0.3 is 14.8 Å². The highest BCUT2D eigenvalue weighted by atomic mass is 16.5. The van der Waals surface area contributed by atoms with E-state index >= 15 is 0 Å². The Morgan fingerprint density at radius 1 is 1.33 bits per heavy atom. The number of hydrogen-bond donors (Lipinski definition) is 1. The number of methoxy groups -OCH3 is 1. The molecule has 0 aliphatic rings. The lowest BCUT2D eigenvalue weighted by molar-refractivity contribution is 0.199. The number of rotatable bonds is 7. The number of nitriles is 1. The molecule has 5 heteroatoms. The number of hydrogen-bond acceptors (Lipinski definition) is 5. The Morgan fingerprint density at radius 3 is 2.95 bits per heavy atom. The van der Waals surface area contributed by atoms with Crippen molar-refractivity contribution in [2.75, 3.05) is 20.3 Å². The van der Waals surface area contributed by atoms with Gasteiger partial charge in [-0.25, -0.2) is 0 Å². The van der Waals surface area contributed by atoms with Gasteiger partial charge in [-0.3, -0.25) is 4.98 Å². The van der Waals surface area contributed by atoms with Crippen molar-refractivity contribution < 1.29 is 9.47 Å². The third kappa shape index (κ3) is 4.56. The molecule has 5 nitrogen and oxygen atoms in total. The molecule has 0 fully saturated rings. The molecule has 2 aromatic rings. The van der Waals surface area contributed by atoms with Gasteiger partial charge in [-0.05, 0) is 29.8 Å². The van der Waals surface area contributed by atoms with Crippen molar-refractivity contribution in [2.45, 2.75) is 6.54 Å². The molecule has 1 heterocycles. The highest BCUT2D eigenvalue weighted by molar-refractivity contribution is 5.47. The summed E-state index contributed by atoms with van der Waals surface area (Å²) in [6, 6.07) is 11.3. The Balaban J connectivity index is 2.05. The van der Waals surface area contributed by atoms with E-state index in [2.05, 4.69) is 16.4 Å². The summed E-state index contributed by atoms with van der Waals surface area (Å²) in [6.45, 7) is 2.12. The number of ether oxygens (including phenoxy) is 2. The lowest BCUT2D eigenvalue weighted by Crippen LogP contribution is -2.18. The van der Waals surface area contributed by atoms with Gasteiger partial charge in [-0.2, -0.15) is 5.26 Å². The first-order valence-electron chi connectivity index (χ1n) is 6.64. The smallest absolute Gasteiger partial charge is 0.145 e. The van der Waals surface area contributed by atoms with Crippen LogP contribution in [0.3, 0.4) is 0 Å². The fraction of sp³-hybridized carbons (Fsp3) is 0.250. The Morgan fingerprint density at radius 2 is 2.24 bits per heavy atom. The summed E-state index contributed by atoms with van der Waals surface area (Å²) >= 11 is 0. The number of pyridine rings is 1. The minimum atomic E-state index is 0.505. The van der Waals surface area contributed by atoms with E-state index in [1.165, 1.54) is 0 Å². The van der Waals surface area contributed by atoms with Crippen molar-refractivity contribution in [3.05, 3.63) is 53.9 Å². The largest absolute Gasteiger partial charge is 0.454 e. The molecule has 1 aromatic heterocycles. The van der Waals surface area contributed by atoms with E-state index in [1.54, 1.807) is 37.7 Å². The molecule has 0 bridgehead atoms. The van der Waals surface area contributed by atoms with Gasteiger partial charge in [0.05, 0.1) is 18.4 Å². The van der Waals surface area contributed by atoms with Crippen molar-refractivity contribution >= 4 is 0 Å². The molecular weight excluding hydrogens is 266 g/mol. The zero-order valence-corrected chi connectivity index (χ0v) is 11.9. The van der Waals surface area contributed by atoms with Crippen LogP contribution in [0.15, 0.2) is 42.7 Å². The summed E-state index contributed by atoms with van der Waals surface area (Å²) in [5, 5.41) is 12.5. The quantitative estimate of drug-likeness (QED) is 0.791. The summed E-state index contributed by atoms with van der Waals surface area (Å²) in [4.78, 5) is 3.98. The van der Waals surface area contributed by atoms with E-state index < -0.39 is 0 Å². The maximum absolute atomic E-state index is 9.24. The van der Waals surface area contributed by atoms with Crippen LogP contribution in [0.4, 0.5) is 0 Å². The topological polar surface area (TPSA) is 67.2 Å². The fourth-order valence-electron chi connectivity index (χ4n) is 1.80. The third-order valence-corrected chi connectivity index (χ3v) is 2.84. The molecule has 0 atom stereocenters. The molecule has 0 saturated carbocycles. The lowest BCUT2D eigenvalue weighted by atomic mass is 10.1. The lowest BCUT2D eigenvalue weighted by Gasteiger charge is -2.09. The molecule has 21 heavy (non-hydrogen) atoms. The van der Waals surface area contributed by atoms with Crippen LogP contribution in [-0.2, 0) is 11.3 Å². The van der Waals surface area contributed by atoms with Crippen LogP contribution in [0.25, 0.3) is 0 Å². The first-order chi connectivity index (χ1) is 10.3. The van der Waals surface area contributed by atoms with Gasteiger partial charge in [0, 0.05) is 26.4 Å². The Kier molecular flexibility index (Phi) is 5.71. The summed E-state index contributed by atoms with van der Waals surface area (Å²) in [5.41, 5.74) is 1.53. The first-order valence-corrected chi connectivity index (χ1v) is 6.64. The van der Waals surface area contributed by atoms with Crippen molar-refractivity contribution in [2.24, 2.45) is 0 Å². The van der Waals surface area contributed by atoms with Crippen molar-refractivity contribution in [1.82, 2.24) is 10.3 Å². The monoisotopic (exact) mass is 283 g/mol. The number of aromatic nitrogens is 1. The normalized spacial score (nSPS) is 10.1. The molecule has 0 spiro atoms. The second kappa shape index (κ2) is 8.00. The number of benzene rings is 1. The molecule has 108 valence electrons. The summed E-state index contributed by atoms with van der Waals surface area (Å²) in [7, 11) is 1.67. The highest BCUT2D eigenvalue weighted by Gasteiger charge is 2.06. The molecule has 0 amide bonds. The molecule has 0 unspecified atom stereocenters. The molecule has 0 aliphatic heterocycles. The Hall–Kier alpha value is -2.42. The van der Waals surface area contributed by atoms with E-state index in [9.17, 15) is 5.26 Å². The van der Waals surface area contributed by atoms with Gasteiger partial charge in [0.15, 0.2) is 0 Å². The van der Waals surface area contributed by atoms with Gasteiger partial charge >= 0.3 is 0 Å². The SMILES string of the molecule is COCCNCc1ccc(Oc2cccnc2)c(C#N)c1. The predicted molar refractivity (Wildman–Crippen MR) is 79.1 cm³/mol. The molecule has 0 radical (unpaired) electrons. The maximum atomic E-state index is 9.24. The number of nitrogens with one attached hydrogen (secondary N) is 1. The van der Waals surface area contributed by atoms with Crippen LogP contribution in [0.5, 0.6) is 11.5 Å². The van der Waals surface area contributed by atoms with Crippen LogP contribution in [-0.4, -0.2) is 25.2 Å². The van der Waals surface area contributed by atoms with E-state index in [-0.39, 0.29) is 0 Å². The van der Waals surface area contributed by atoms with Crippen molar-refractivity contribution in [1.29, 1.82) is 5.26 Å². The van der Waals surface area contributed by atoms with E-state index in [4.69, 9.17) is 9.47 Å². The van der Waals surface area contributed by atoms with Gasteiger partial charge in [-0.15, -0.1) is 0 Å². The van der Waals surface area contributed by atoms with Gasteiger partial charge in [0.2, 0.25) is 0 Å². The van der Waals surface area contributed by atoms with Crippen LogP contribution in [0.2, 0.25) is 0 Å². The van der Waals surface area contributed by atoms with Crippen LogP contribution in [0, 0.1) is 11.3 Å². The zero-order chi connectivity index (χ0) is 14.9. The van der Waals surface area contributed by atoms with E-state index in [0.29, 0.717) is 30.2 Å². The fourth-order valence-corrected chi connectivity index (χ4v) is 1.80. The molecular formula is C16H17N3O2. The van der Waals surface area contributed by atoms with Gasteiger partial charge in [-0.1, -0.05) is 6.07 Å².